The van der Waals surface area contributed by atoms with Gasteiger partial charge >= 0.3 is 0 Å². The van der Waals surface area contributed by atoms with Crippen LogP contribution in [-0.2, 0) is 5.54 Å². The van der Waals surface area contributed by atoms with Gasteiger partial charge in [-0.1, -0.05) is 19.3 Å². The summed E-state index contributed by atoms with van der Waals surface area (Å²) in [5.41, 5.74) is 9.37. The smallest absolute Gasteiger partial charge is 0.0421 e. The maximum atomic E-state index is 6.71. The zero-order chi connectivity index (χ0) is 13.2. The van der Waals surface area contributed by atoms with Crippen molar-refractivity contribution in [1.82, 2.24) is 0 Å². The molecule has 1 aromatic rings. The topological polar surface area (TPSA) is 26.0 Å². The minimum Gasteiger partial charge on any atom is -0.321 e. The summed E-state index contributed by atoms with van der Waals surface area (Å²) >= 11 is 3.66. The summed E-state index contributed by atoms with van der Waals surface area (Å²) in [6.07, 6.45) is 10.5. The van der Waals surface area contributed by atoms with E-state index in [-0.39, 0.29) is 5.54 Å². The van der Waals surface area contributed by atoms with Crippen LogP contribution < -0.4 is 5.73 Å². The van der Waals surface area contributed by atoms with E-state index in [1.165, 1.54) is 40.2 Å². The molecule has 2 rings (SSSR count). The minimum atomic E-state index is -0.0885. The second-order valence-electron chi connectivity index (χ2n) is 5.24. The maximum Gasteiger partial charge on any atom is 0.0421 e. The Morgan fingerprint density at radius 1 is 1.00 bits per heavy atom. The first-order valence-corrected chi connectivity index (χ1v) is 9.07. The molecule has 1 aromatic carbocycles. The van der Waals surface area contributed by atoms with Crippen molar-refractivity contribution in [2.75, 3.05) is 12.5 Å². The van der Waals surface area contributed by atoms with Crippen LogP contribution in [0.5, 0.6) is 0 Å². The summed E-state index contributed by atoms with van der Waals surface area (Å²) in [7, 11) is 0. The third-order valence-electron chi connectivity index (χ3n) is 4.00. The Morgan fingerprint density at radius 2 is 1.61 bits per heavy atom. The predicted molar refractivity (Wildman–Crippen MR) is 83.7 cm³/mol. The fraction of sp³-hybridized carbons (Fsp3) is 0.600. The van der Waals surface area contributed by atoms with Crippen molar-refractivity contribution in [3.05, 3.63) is 23.3 Å². The molecule has 18 heavy (non-hydrogen) atoms. The Balaban J connectivity index is 2.47. The van der Waals surface area contributed by atoms with Gasteiger partial charge in [0.15, 0.2) is 0 Å². The highest BCUT2D eigenvalue weighted by Crippen LogP contribution is 2.41. The Bertz CT molecular complexity index is 423. The van der Waals surface area contributed by atoms with Gasteiger partial charge in [0, 0.05) is 15.3 Å². The summed E-state index contributed by atoms with van der Waals surface area (Å²) < 4.78 is 0. The molecule has 1 fully saturated rings. The number of aryl methyl sites for hydroxylation is 1. The number of rotatable bonds is 3. The molecule has 0 heterocycles. The largest absolute Gasteiger partial charge is 0.321 e. The van der Waals surface area contributed by atoms with Crippen LogP contribution in [0.2, 0.25) is 0 Å². The van der Waals surface area contributed by atoms with Gasteiger partial charge in [-0.25, -0.2) is 0 Å². The van der Waals surface area contributed by atoms with Gasteiger partial charge in [-0.15, -0.1) is 23.5 Å². The molecule has 100 valence electrons. The predicted octanol–water partition coefficient (Wildman–Crippen LogP) is 4.56. The van der Waals surface area contributed by atoms with Crippen LogP contribution >= 0.6 is 23.5 Å². The van der Waals surface area contributed by atoms with E-state index < -0.39 is 0 Å². The Morgan fingerprint density at radius 3 is 2.17 bits per heavy atom. The SMILES string of the molecule is CSc1cc(C2(N)CCCCC2)c(SC)cc1C. The first kappa shape index (κ1) is 14.3. The van der Waals surface area contributed by atoms with E-state index in [4.69, 9.17) is 5.73 Å². The third kappa shape index (κ3) is 2.73. The van der Waals surface area contributed by atoms with Crippen LogP contribution in [-0.4, -0.2) is 12.5 Å². The first-order chi connectivity index (χ1) is 8.60. The molecular weight excluding hydrogens is 258 g/mol. The van der Waals surface area contributed by atoms with Crippen LogP contribution in [0.15, 0.2) is 21.9 Å². The standard InChI is InChI=1S/C15H23NS2/c1-11-9-14(18-3)12(10-13(11)17-2)15(16)7-5-4-6-8-15/h9-10H,4-8,16H2,1-3H3. The summed E-state index contributed by atoms with van der Waals surface area (Å²) in [6, 6.07) is 4.66. The van der Waals surface area contributed by atoms with Crippen LogP contribution in [0, 0.1) is 6.92 Å². The van der Waals surface area contributed by atoms with Crippen molar-refractivity contribution >= 4 is 23.5 Å². The van der Waals surface area contributed by atoms with Crippen molar-refractivity contribution in [1.29, 1.82) is 0 Å². The highest BCUT2D eigenvalue weighted by Gasteiger charge is 2.31. The van der Waals surface area contributed by atoms with E-state index in [0.717, 1.165) is 12.8 Å². The molecule has 0 unspecified atom stereocenters. The zero-order valence-electron chi connectivity index (χ0n) is 11.6. The highest BCUT2D eigenvalue weighted by atomic mass is 32.2. The van der Waals surface area contributed by atoms with Gasteiger partial charge in [0.1, 0.15) is 0 Å². The average molecular weight is 281 g/mol. The van der Waals surface area contributed by atoms with Gasteiger partial charge in [-0.3, -0.25) is 0 Å². The van der Waals surface area contributed by atoms with Crippen LogP contribution in [0.3, 0.4) is 0 Å². The molecule has 1 aliphatic rings. The molecule has 0 amide bonds. The van der Waals surface area contributed by atoms with Crippen molar-refractivity contribution < 1.29 is 0 Å². The molecule has 0 aliphatic heterocycles. The molecule has 3 heteroatoms. The molecule has 0 atom stereocenters. The second kappa shape index (κ2) is 5.89. The highest BCUT2D eigenvalue weighted by molar-refractivity contribution is 7.99. The number of benzene rings is 1. The fourth-order valence-corrected chi connectivity index (χ4v) is 4.28. The fourth-order valence-electron chi connectivity index (χ4n) is 2.89. The number of thioether (sulfide) groups is 2. The molecule has 0 aromatic heterocycles. The van der Waals surface area contributed by atoms with Crippen LogP contribution in [0.1, 0.15) is 43.2 Å². The molecular formula is C15H23NS2. The van der Waals surface area contributed by atoms with Crippen LogP contribution in [0.4, 0.5) is 0 Å². The van der Waals surface area contributed by atoms with Crippen molar-refractivity contribution in [3.8, 4) is 0 Å². The molecule has 1 nitrogen and oxygen atoms in total. The van der Waals surface area contributed by atoms with Gasteiger partial charge in [0.2, 0.25) is 0 Å². The van der Waals surface area contributed by atoms with Crippen molar-refractivity contribution in [2.45, 2.75) is 54.4 Å². The zero-order valence-corrected chi connectivity index (χ0v) is 13.2. The van der Waals surface area contributed by atoms with Gasteiger partial charge < -0.3 is 5.73 Å². The number of hydrogen-bond acceptors (Lipinski definition) is 3. The molecule has 1 aliphatic carbocycles. The first-order valence-electron chi connectivity index (χ1n) is 6.63. The molecule has 2 N–H and O–H groups in total. The molecule has 1 saturated carbocycles. The van der Waals surface area contributed by atoms with E-state index in [9.17, 15) is 0 Å². The summed E-state index contributed by atoms with van der Waals surface area (Å²) in [5, 5.41) is 0. The molecule has 0 radical (unpaired) electrons. The Hall–Kier alpha value is -0.120. The number of hydrogen-bond donors (Lipinski definition) is 1. The summed E-state index contributed by atoms with van der Waals surface area (Å²) in [6.45, 7) is 2.19. The van der Waals surface area contributed by atoms with E-state index in [1.54, 1.807) is 0 Å². The second-order valence-corrected chi connectivity index (χ2v) is 6.94. The Labute approximate surface area is 119 Å². The monoisotopic (exact) mass is 281 g/mol. The van der Waals surface area contributed by atoms with Crippen molar-refractivity contribution in [2.24, 2.45) is 5.73 Å². The normalized spacial score (nSPS) is 18.9. The van der Waals surface area contributed by atoms with E-state index >= 15 is 0 Å². The number of nitrogens with two attached hydrogens (primary N) is 1. The van der Waals surface area contributed by atoms with E-state index in [1.807, 2.05) is 23.5 Å². The van der Waals surface area contributed by atoms with E-state index in [0.29, 0.717) is 0 Å². The molecule has 0 bridgehead atoms. The maximum absolute atomic E-state index is 6.71. The lowest BCUT2D eigenvalue weighted by atomic mass is 9.77. The van der Waals surface area contributed by atoms with Gasteiger partial charge in [-0.2, -0.15) is 0 Å². The quantitative estimate of drug-likeness (QED) is 0.823. The summed E-state index contributed by atoms with van der Waals surface area (Å²) in [4.78, 5) is 2.74. The lowest BCUT2D eigenvalue weighted by Gasteiger charge is -2.35. The van der Waals surface area contributed by atoms with Gasteiger partial charge in [0.05, 0.1) is 0 Å². The van der Waals surface area contributed by atoms with E-state index in [2.05, 4.69) is 31.6 Å². The van der Waals surface area contributed by atoms with Crippen molar-refractivity contribution in [3.63, 3.8) is 0 Å². The molecule has 0 spiro atoms. The lowest BCUT2D eigenvalue weighted by Crippen LogP contribution is -2.39. The van der Waals surface area contributed by atoms with Gasteiger partial charge in [-0.05, 0) is 55.5 Å². The van der Waals surface area contributed by atoms with Gasteiger partial charge in [0.25, 0.3) is 0 Å². The van der Waals surface area contributed by atoms with Crippen LogP contribution in [0.25, 0.3) is 0 Å². The summed E-state index contributed by atoms with van der Waals surface area (Å²) in [5.74, 6) is 0. The third-order valence-corrected chi connectivity index (χ3v) is 5.66. The lowest BCUT2D eigenvalue weighted by molar-refractivity contribution is 0.297. The molecule has 0 saturated heterocycles. The minimum absolute atomic E-state index is 0.0885. The Kier molecular flexibility index (Phi) is 4.68. The average Bonchev–Trinajstić information content (AvgIpc) is 2.39.